The quantitative estimate of drug-likeness (QED) is 0.532. The van der Waals surface area contributed by atoms with Gasteiger partial charge in [0.05, 0.1) is 34.1 Å². The van der Waals surface area contributed by atoms with Crippen LogP contribution >= 0.6 is 0 Å². The Hall–Kier alpha value is -2.77. The van der Waals surface area contributed by atoms with Gasteiger partial charge in [0, 0.05) is 11.5 Å². The lowest BCUT2D eigenvalue weighted by Crippen LogP contribution is -2.38. The van der Waals surface area contributed by atoms with Crippen molar-refractivity contribution in [3.8, 4) is 17.2 Å². The zero-order chi connectivity index (χ0) is 19.6. The standard InChI is InChI=1S/C19H27N3O5/c1-25-15-9-13(10-16(26-2)18(15)27-3)11-21-22-17(23)12-20-19(24)14-7-5-4-6-8-14/h9-11,14H,4-8,12H2,1-3H3,(H,20,24)(H,22,23). The molecule has 0 atom stereocenters. The zero-order valence-electron chi connectivity index (χ0n) is 16.0. The first-order valence-corrected chi connectivity index (χ1v) is 8.98. The maximum Gasteiger partial charge on any atom is 0.259 e. The van der Waals surface area contributed by atoms with E-state index in [2.05, 4.69) is 15.8 Å². The van der Waals surface area contributed by atoms with Gasteiger partial charge in [0.15, 0.2) is 11.5 Å². The molecule has 1 fully saturated rings. The van der Waals surface area contributed by atoms with Crippen LogP contribution < -0.4 is 25.0 Å². The van der Waals surface area contributed by atoms with Crippen molar-refractivity contribution in [2.75, 3.05) is 27.9 Å². The summed E-state index contributed by atoms with van der Waals surface area (Å²) in [7, 11) is 4.57. The van der Waals surface area contributed by atoms with Gasteiger partial charge in [-0.25, -0.2) is 5.43 Å². The molecule has 0 radical (unpaired) electrons. The Morgan fingerprint density at radius 3 is 2.26 bits per heavy atom. The average Bonchev–Trinajstić information content (AvgIpc) is 2.71. The first-order chi connectivity index (χ1) is 13.1. The Kier molecular flexibility index (Phi) is 7.91. The number of rotatable bonds is 8. The molecule has 2 rings (SSSR count). The number of ether oxygens (including phenoxy) is 3. The number of carbonyl (C=O) groups excluding carboxylic acids is 2. The van der Waals surface area contributed by atoms with E-state index in [1.54, 1.807) is 12.1 Å². The maximum atomic E-state index is 12.0. The normalized spacial score (nSPS) is 14.6. The molecule has 1 aromatic rings. The number of hydrogen-bond acceptors (Lipinski definition) is 6. The van der Waals surface area contributed by atoms with Gasteiger partial charge in [0.1, 0.15) is 0 Å². The predicted octanol–water partition coefficient (Wildman–Crippen LogP) is 1.86. The Bertz CT molecular complexity index is 659. The topological polar surface area (TPSA) is 98.2 Å². The predicted molar refractivity (Wildman–Crippen MR) is 101 cm³/mol. The summed E-state index contributed by atoms with van der Waals surface area (Å²) in [5, 5.41) is 6.58. The van der Waals surface area contributed by atoms with Crippen LogP contribution in [0.5, 0.6) is 17.2 Å². The first-order valence-electron chi connectivity index (χ1n) is 8.98. The summed E-state index contributed by atoms with van der Waals surface area (Å²) in [6.45, 7) is -0.0953. The van der Waals surface area contributed by atoms with Gasteiger partial charge in [0.25, 0.3) is 5.91 Å². The third-order valence-corrected chi connectivity index (χ3v) is 4.49. The van der Waals surface area contributed by atoms with Gasteiger partial charge >= 0.3 is 0 Å². The zero-order valence-corrected chi connectivity index (χ0v) is 16.0. The van der Waals surface area contributed by atoms with Crippen LogP contribution in [0.3, 0.4) is 0 Å². The molecule has 148 valence electrons. The van der Waals surface area contributed by atoms with E-state index in [0.717, 1.165) is 25.7 Å². The molecule has 0 saturated heterocycles. The van der Waals surface area contributed by atoms with Crippen LogP contribution in [0.25, 0.3) is 0 Å². The fourth-order valence-corrected chi connectivity index (χ4v) is 3.07. The Balaban J connectivity index is 1.87. The minimum Gasteiger partial charge on any atom is -0.493 e. The smallest absolute Gasteiger partial charge is 0.259 e. The molecule has 1 aromatic carbocycles. The summed E-state index contributed by atoms with van der Waals surface area (Å²) in [5.41, 5.74) is 3.06. The number of hydrazone groups is 1. The molecule has 0 bridgehead atoms. The molecule has 27 heavy (non-hydrogen) atoms. The molecule has 2 N–H and O–H groups in total. The number of carbonyl (C=O) groups is 2. The van der Waals surface area contributed by atoms with Crippen molar-refractivity contribution in [1.82, 2.24) is 10.7 Å². The summed E-state index contributed by atoms with van der Waals surface area (Å²) in [6, 6.07) is 3.42. The third-order valence-electron chi connectivity index (χ3n) is 4.49. The van der Waals surface area contributed by atoms with Crippen molar-refractivity contribution in [3.63, 3.8) is 0 Å². The van der Waals surface area contributed by atoms with Crippen LogP contribution in [0, 0.1) is 5.92 Å². The highest BCUT2D eigenvalue weighted by Gasteiger charge is 2.21. The third kappa shape index (κ3) is 5.87. The van der Waals surface area contributed by atoms with Crippen molar-refractivity contribution in [1.29, 1.82) is 0 Å². The van der Waals surface area contributed by atoms with Crippen LogP contribution in [0.2, 0.25) is 0 Å². The number of nitrogens with zero attached hydrogens (tertiary/aromatic N) is 1. The highest BCUT2D eigenvalue weighted by atomic mass is 16.5. The van der Waals surface area contributed by atoms with Crippen molar-refractivity contribution in [3.05, 3.63) is 17.7 Å². The monoisotopic (exact) mass is 377 g/mol. The van der Waals surface area contributed by atoms with Gasteiger partial charge in [-0.2, -0.15) is 5.10 Å². The molecule has 0 unspecified atom stereocenters. The highest BCUT2D eigenvalue weighted by Crippen LogP contribution is 2.37. The molecule has 0 spiro atoms. The van der Waals surface area contributed by atoms with Gasteiger partial charge in [-0.3, -0.25) is 9.59 Å². The van der Waals surface area contributed by atoms with Crippen LogP contribution in [-0.4, -0.2) is 45.9 Å². The summed E-state index contributed by atoms with van der Waals surface area (Å²) >= 11 is 0. The van der Waals surface area contributed by atoms with Crippen molar-refractivity contribution in [2.45, 2.75) is 32.1 Å². The maximum absolute atomic E-state index is 12.0. The fraction of sp³-hybridized carbons (Fsp3) is 0.526. The Morgan fingerprint density at radius 1 is 1.07 bits per heavy atom. The molecule has 8 nitrogen and oxygen atoms in total. The van der Waals surface area contributed by atoms with E-state index in [1.807, 2.05) is 0 Å². The summed E-state index contributed by atoms with van der Waals surface area (Å²) in [4.78, 5) is 23.9. The number of hydrogen-bond donors (Lipinski definition) is 2. The second kappa shape index (κ2) is 10.4. The molecular weight excluding hydrogens is 350 g/mol. The molecule has 0 aromatic heterocycles. The average molecular weight is 377 g/mol. The lowest BCUT2D eigenvalue weighted by molar-refractivity contribution is -0.129. The van der Waals surface area contributed by atoms with E-state index in [-0.39, 0.29) is 24.3 Å². The molecule has 0 aliphatic heterocycles. The van der Waals surface area contributed by atoms with Crippen LogP contribution in [0.1, 0.15) is 37.7 Å². The van der Waals surface area contributed by atoms with Gasteiger partial charge in [-0.1, -0.05) is 19.3 Å². The Morgan fingerprint density at radius 2 is 1.70 bits per heavy atom. The van der Waals surface area contributed by atoms with E-state index in [0.29, 0.717) is 22.8 Å². The number of nitrogens with one attached hydrogen (secondary N) is 2. The van der Waals surface area contributed by atoms with Crippen LogP contribution in [0.15, 0.2) is 17.2 Å². The van der Waals surface area contributed by atoms with E-state index >= 15 is 0 Å². The van der Waals surface area contributed by atoms with Crippen LogP contribution in [-0.2, 0) is 9.59 Å². The Labute approximate surface area is 159 Å². The van der Waals surface area contributed by atoms with Crippen molar-refractivity contribution in [2.24, 2.45) is 11.0 Å². The van der Waals surface area contributed by atoms with Crippen molar-refractivity contribution < 1.29 is 23.8 Å². The lowest BCUT2D eigenvalue weighted by Gasteiger charge is -2.20. The first kappa shape index (κ1) is 20.5. The van der Waals surface area contributed by atoms with E-state index < -0.39 is 0 Å². The van der Waals surface area contributed by atoms with Gasteiger partial charge in [-0.15, -0.1) is 0 Å². The molecule has 8 heteroatoms. The molecular formula is C19H27N3O5. The van der Waals surface area contributed by atoms with Crippen LogP contribution in [0.4, 0.5) is 0 Å². The molecule has 1 aliphatic carbocycles. The largest absolute Gasteiger partial charge is 0.493 e. The molecule has 1 saturated carbocycles. The summed E-state index contributed by atoms with van der Waals surface area (Å²) < 4.78 is 15.8. The van der Waals surface area contributed by atoms with E-state index in [4.69, 9.17) is 14.2 Å². The van der Waals surface area contributed by atoms with E-state index in [9.17, 15) is 9.59 Å². The number of methoxy groups -OCH3 is 3. The second-order valence-corrected chi connectivity index (χ2v) is 6.30. The van der Waals surface area contributed by atoms with Gasteiger partial charge in [-0.05, 0) is 25.0 Å². The number of benzene rings is 1. The van der Waals surface area contributed by atoms with Gasteiger partial charge < -0.3 is 19.5 Å². The second-order valence-electron chi connectivity index (χ2n) is 6.30. The van der Waals surface area contributed by atoms with Gasteiger partial charge in [0.2, 0.25) is 11.7 Å². The lowest BCUT2D eigenvalue weighted by atomic mass is 9.89. The molecule has 2 amide bonds. The van der Waals surface area contributed by atoms with E-state index in [1.165, 1.54) is 34.0 Å². The SMILES string of the molecule is COc1cc(C=NNC(=O)CNC(=O)C2CCCCC2)cc(OC)c1OC. The summed E-state index contributed by atoms with van der Waals surface area (Å²) in [6.07, 6.45) is 6.58. The summed E-state index contributed by atoms with van der Waals surface area (Å²) in [5.74, 6) is 1.04. The molecule has 1 aliphatic rings. The number of amides is 2. The molecule has 0 heterocycles. The highest BCUT2D eigenvalue weighted by molar-refractivity contribution is 5.87. The van der Waals surface area contributed by atoms with Crippen molar-refractivity contribution >= 4 is 18.0 Å². The minimum atomic E-state index is -0.386. The fourth-order valence-electron chi connectivity index (χ4n) is 3.07. The minimum absolute atomic E-state index is 0.0225.